The predicted molar refractivity (Wildman–Crippen MR) is 121 cm³/mol. The number of anilines is 3. The van der Waals surface area contributed by atoms with Crippen molar-refractivity contribution in [1.29, 1.82) is 5.26 Å². The Labute approximate surface area is 185 Å². The van der Waals surface area contributed by atoms with E-state index in [2.05, 4.69) is 30.5 Å². The Kier molecular flexibility index (Phi) is 4.36. The molecule has 1 spiro atoms. The van der Waals surface area contributed by atoms with Crippen LogP contribution in [0.5, 0.6) is 0 Å². The quantitative estimate of drug-likeness (QED) is 0.651. The molecular formula is C23H24N8O. The van der Waals surface area contributed by atoms with Crippen LogP contribution in [0.25, 0.3) is 11.0 Å². The first-order chi connectivity index (χ1) is 15.6. The number of aromatic nitrogens is 4. The Morgan fingerprint density at radius 2 is 1.97 bits per heavy atom. The number of nitrogens with one attached hydrogen (secondary N) is 2. The third-order valence-electron chi connectivity index (χ3n) is 6.96. The van der Waals surface area contributed by atoms with E-state index in [1.54, 1.807) is 23.0 Å². The van der Waals surface area contributed by atoms with Crippen LogP contribution in [-0.2, 0) is 0 Å². The summed E-state index contributed by atoms with van der Waals surface area (Å²) in [7, 11) is 0. The molecular weight excluding hydrogens is 404 g/mol. The molecule has 3 fully saturated rings. The van der Waals surface area contributed by atoms with Gasteiger partial charge in [-0.1, -0.05) is 12.8 Å². The van der Waals surface area contributed by atoms with Crippen molar-refractivity contribution in [3.63, 3.8) is 0 Å². The van der Waals surface area contributed by atoms with E-state index in [0.717, 1.165) is 63.4 Å². The molecule has 3 aliphatic rings. The van der Waals surface area contributed by atoms with Gasteiger partial charge in [0.05, 0.1) is 11.9 Å². The topological polar surface area (TPSA) is 112 Å². The Balaban J connectivity index is 1.27. The molecule has 1 aliphatic carbocycles. The van der Waals surface area contributed by atoms with Gasteiger partial charge in [-0.3, -0.25) is 9.36 Å². The Morgan fingerprint density at radius 3 is 2.62 bits per heavy atom. The summed E-state index contributed by atoms with van der Waals surface area (Å²) in [6.07, 6.45) is 7.47. The molecule has 32 heavy (non-hydrogen) atoms. The minimum Gasteiger partial charge on any atom is -0.355 e. The number of hydrogen-bond acceptors (Lipinski definition) is 8. The number of pyridine rings is 2. The van der Waals surface area contributed by atoms with Crippen LogP contribution in [0.4, 0.5) is 17.5 Å². The maximum absolute atomic E-state index is 12.9. The fourth-order valence-electron chi connectivity index (χ4n) is 5.17. The molecule has 3 aromatic rings. The maximum atomic E-state index is 12.9. The van der Waals surface area contributed by atoms with Crippen molar-refractivity contribution in [1.82, 2.24) is 24.8 Å². The van der Waals surface area contributed by atoms with Crippen LogP contribution in [0.1, 0.15) is 37.3 Å². The SMILES string of the molecule is N#Cc1cc2cnc(Nc3ccc(N4CC5(CNC5)C4)nc3)nc2n(C2CCCC2)c1=O. The van der Waals surface area contributed by atoms with E-state index in [1.165, 1.54) is 0 Å². The molecule has 0 aromatic carbocycles. The first-order valence-electron chi connectivity index (χ1n) is 11.2. The van der Waals surface area contributed by atoms with Gasteiger partial charge < -0.3 is 15.5 Å². The van der Waals surface area contributed by atoms with Gasteiger partial charge in [-0.25, -0.2) is 9.97 Å². The molecule has 1 saturated carbocycles. The van der Waals surface area contributed by atoms with Crippen molar-refractivity contribution in [3.8, 4) is 6.07 Å². The van der Waals surface area contributed by atoms with Gasteiger partial charge in [-0.15, -0.1) is 0 Å². The monoisotopic (exact) mass is 428 g/mol. The summed E-state index contributed by atoms with van der Waals surface area (Å²) in [4.78, 5) is 28.9. The average molecular weight is 429 g/mol. The molecule has 5 heterocycles. The smallest absolute Gasteiger partial charge is 0.270 e. The summed E-state index contributed by atoms with van der Waals surface area (Å²) in [6, 6.07) is 7.67. The fraction of sp³-hybridized carbons (Fsp3) is 0.435. The highest BCUT2D eigenvalue weighted by atomic mass is 16.1. The lowest BCUT2D eigenvalue weighted by Gasteiger charge is -2.56. The summed E-state index contributed by atoms with van der Waals surface area (Å²) in [5.41, 5.74) is 1.69. The maximum Gasteiger partial charge on any atom is 0.270 e. The minimum absolute atomic E-state index is 0.0766. The molecule has 9 heteroatoms. The molecule has 9 nitrogen and oxygen atoms in total. The number of nitrogens with zero attached hydrogens (tertiary/aromatic N) is 6. The van der Waals surface area contributed by atoms with Gasteiger partial charge in [0, 0.05) is 49.2 Å². The summed E-state index contributed by atoms with van der Waals surface area (Å²) in [6.45, 7) is 4.31. The van der Waals surface area contributed by atoms with Gasteiger partial charge in [0.15, 0.2) is 0 Å². The van der Waals surface area contributed by atoms with Crippen LogP contribution < -0.4 is 21.1 Å². The molecule has 0 amide bonds. The molecule has 0 radical (unpaired) electrons. The third-order valence-corrected chi connectivity index (χ3v) is 6.96. The van der Waals surface area contributed by atoms with E-state index < -0.39 is 0 Å². The first-order valence-corrected chi connectivity index (χ1v) is 11.2. The summed E-state index contributed by atoms with van der Waals surface area (Å²) in [5.74, 6) is 1.39. The van der Waals surface area contributed by atoms with Crippen molar-refractivity contribution in [3.05, 3.63) is 46.5 Å². The lowest BCUT2D eigenvalue weighted by Crippen LogP contribution is -2.71. The highest BCUT2D eigenvalue weighted by Gasteiger charge is 2.47. The van der Waals surface area contributed by atoms with E-state index in [-0.39, 0.29) is 17.2 Å². The number of rotatable bonds is 4. The Hall–Kier alpha value is -3.51. The van der Waals surface area contributed by atoms with Gasteiger partial charge in [-0.2, -0.15) is 10.2 Å². The van der Waals surface area contributed by atoms with E-state index in [1.807, 2.05) is 18.2 Å². The second-order valence-corrected chi connectivity index (χ2v) is 9.25. The van der Waals surface area contributed by atoms with E-state index >= 15 is 0 Å². The lowest BCUT2D eigenvalue weighted by molar-refractivity contribution is 0.120. The van der Waals surface area contributed by atoms with Crippen LogP contribution in [0, 0.1) is 16.7 Å². The molecule has 3 aromatic heterocycles. The predicted octanol–water partition coefficient (Wildman–Crippen LogP) is 2.33. The van der Waals surface area contributed by atoms with Crippen LogP contribution in [0.3, 0.4) is 0 Å². The fourth-order valence-corrected chi connectivity index (χ4v) is 5.17. The highest BCUT2D eigenvalue weighted by molar-refractivity contribution is 5.77. The van der Waals surface area contributed by atoms with Crippen molar-refractivity contribution < 1.29 is 0 Å². The van der Waals surface area contributed by atoms with Gasteiger partial charge >= 0.3 is 0 Å². The molecule has 6 rings (SSSR count). The van der Waals surface area contributed by atoms with E-state index in [9.17, 15) is 10.1 Å². The third kappa shape index (κ3) is 3.10. The molecule has 0 atom stereocenters. The normalized spacial score (nSPS) is 19.5. The second kappa shape index (κ2) is 7.28. The van der Waals surface area contributed by atoms with Gasteiger partial charge in [0.1, 0.15) is 23.1 Å². The highest BCUT2D eigenvalue weighted by Crippen LogP contribution is 2.36. The minimum atomic E-state index is -0.267. The van der Waals surface area contributed by atoms with E-state index in [4.69, 9.17) is 0 Å². The molecule has 2 N–H and O–H groups in total. The standard InChI is InChI=1S/C23H24N8O/c24-8-15-7-16-9-27-22(29-20(16)31(21(15)32)18-3-1-2-4-18)28-17-5-6-19(26-10-17)30-13-23(14-30)11-25-12-23/h5-7,9-10,18,25H,1-4,11-14H2,(H,27,28,29). The number of nitriles is 1. The summed E-state index contributed by atoms with van der Waals surface area (Å²) in [5, 5.41) is 16.6. The van der Waals surface area contributed by atoms with Crippen LogP contribution in [0.15, 0.2) is 35.4 Å². The lowest BCUT2D eigenvalue weighted by atomic mass is 9.74. The summed E-state index contributed by atoms with van der Waals surface area (Å²) >= 11 is 0. The van der Waals surface area contributed by atoms with Crippen molar-refractivity contribution in [2.45, 2.75) is 31.7 Å². The summed E-state index contributed by atoms with van der Waals surface area (Å²) < 4.78 is 1.70. The average Bonchev–Trinajstić information content (AvgIpc) is 3.27. The second-order valence-electron chi connectivity index (χ2n) is 9.25. The number of fused-ring (bicyclic) bond motifs is 1. The van der Waals surface area contributed by atoms with Crippen molar-refractivity contribution >= 4 is 28.5 Å². The van der Waals surface area contributed by atoms with Crippen LogP contribution in [0.2, 0.25) is 0 Å². The van der Waals surface area contributed by atoms with Crippen molar-refractivity contribution in [2.24, 2.45) is 5.41 Å². The molecule has 162 valence electrons. The molecule has 2 aliphatic heterocycles. The number of hydrogen-bond donors (Lipinski definition) is 2. The molecule has 0 unspecified atom stereocenters. The molecule has 0 bridgehead atoms. The first kappa shape index (κ1) is 19.2. The van der Waals surface area contributed by atoms with Crippen molar-refractivity contribution in [2.75, 3.05) is 36.4 Å². The van der Waals surface area contributed by atoms with Gasteiger partial charge in [0.2, 0.25) is 5.95 Å². The van der Waals surface area contributed by atoms with Gasteiger partial charge in [0.25, 0.3) is 5.56 Å². The molecule has 2 saturated heterocycles. The van der Waals surface area contributed by atoms with Gasteiger partial charge in [-0.05, 0) is 31.0 Å². The van der Waals surface area contributed by atoms with Crippen LogP contribution in [-0.4, -0.2) is 45.7 Å². The Bertz CT molecular complexity index is 1270. The zero-order chi connectivity index (χ0) is 21.7. The van der Waals surface area contributed by atoms with E-state index in [0.29, 0.717) is 22.4 Å². The zero-order valence-corrected chi connectivity index (χ0v) is 17.7. The zero-order valence-electron chi connectivity index (χ0n) is 17.7. The Morgan fingerprint density at radius 1 is 1.16 bits per heavy atom. The largest absolute Gasteiger partial charge is 0.355 e. The van der Waals surface area contributed by atoms with Crippen LogP contribution >= 0.6 is 0 Å².